The lowest BCUT2D eigenvalue weighted by molar-refractivity contribution is 0.0845. The molecule has 35 heavy (non-hydrogen) atoms. The van der Waals surface area contributed by atoms with Crippen LogP contribution in [0, 0.1) is 32.1 Å². The Kier molecular flexibility index (Phi) is 6.98. The van der Waals surface area contributed by atoms with Crippen LogP contribution in [0.25, 0.3) is 5.88 Å². The van der Waals surface area contributed by atoms with Crippen molar-refractivity contribution in [1.82, 2.24) is 25.4 Å². The fraction of sp³-hybridized carbons (Fsp3) is 0.160. The number of carbonyl (C=O) groups is 2. The van der Waals surface area contributed by atoms with Crippen molar-refractivity contribution in [2.24, 2.45) is 0 Å². The van der Waals surface area contributed by atoms with E-state index in [1.807, 2.05) is 38.1 Å². The average Bonchev–Trinajstić information content (AvgIpc) is 3.48. The molecule has 0 spiro atoms. The largest absolute Gasteiger partial charge is 0.443 e. The Morgan fingerprint density at radius 3 is 2.29 bits per heavy atom. The molecule has 0 saturated carbocycles. The second-order valence-corrected chi connectivity index (χ2v) is 8.69. The van der Waals surface area contributed by atoms with Crippen LogP contribution in [0.4, 0.5) is 0 Å². The number of carbonyl (C=O) groups excluding carboxylic acids is 2. The molecule has 0 saturated heterocycles. The molecule has 3 heterocycles. The SMILES string of the molecule is Cc1cc(C)nc(SCc2ccc(C(=O)NNC(=O)c3c(C)oc(-n4cccc4)c3C#N)cc2)n1. The Bertz CT molecular complexity index is 1400. The first kappa shape index (κ1) is 23.8. The molecule has 9 nitrogen and oxygen atoms in total. The maximum Gasteiger partial charge on any atom is 0.274 e. The Morgan fingerprint density at radius 1 is 1.03 bits per heavy atom. The molecule has 0 aliphatic rings. The smallest absolute Gasteiger partial charge is 0.274 e. The molecule has 3 aromatic heterocycles. The Hall–Kier alpha value is -4.36. The number of aromatic nitrogens is 3. The van der Waals surface area contributed by atoms with Gasteiger partial charge in [-0.2, -0.15) is 5.26 Å². The molecule has 176 valence electrons. The van der Waals surface area contributed by atoms with E-state index in [0.717, 1.165) is 17.0 Å². The van der Waals surface area contributed by atoms with E-state index in [-0.39, 0.29) is 22.8 Å². The number of hydrogen-bond acceptors (Lipinski definition) is 7. The standard InChI is InChI=1S/C25H22N6O3S/c1-15-12-16(2)28-25(27-15)35-14-18-6-8-19(9-7-18)22(32)29-30-23(33)21-17(3)34-24(20(21)13-26)31-10-4-5-11-31/h4-12H,14H2,1-3H3,(H,29,32)(H,30,33). The van der Waals surface area contributed by atoms with Crippen LogP contribution in [0.3, 0.4) is 0 Å². The average molecular weight is 487 g/mol. The van der Waals surface area contributed by atoms with Crippen molar-refractivity contribution < 1.29 is 14.0 Å². The van der Waals surface area contributed by atoms with Crippen LogP contribution in [0.1, 0.15) is 49.0 Å². The topological polar surface area (TPSA) is 126 Å². The van der Waals surface area contributed by atoms with Crippen LogP contribution in [0.2, 0.25) is 0 Å². The molecule has 0 unspecified atom stereocenters. The zero-order chi connectivity index (χ0) is 24.9. The van der Waals surface area contributed by atoms with E-state index >= 15 is 0 Å². The van der Waals surface area contributed by atoms with Gasteiger partial charge >= 0.3 is 0 Å². The van der Waals surface area contributed by atoms with Gasteiger partial charge in [-0.05, 0) is 56.7 Å². The lowest BCUT2D eigenvalue weighted by Gasteiger charge is -2.08. The van der Waals surface area contributed by atoms with Gasteiger partial charge in [0.1, 0.15) is 23.0 Å². The Morgan fingerprint density at radius 2 is 1.66 bits per heavy atom. The second kappa shape index (κ2) is 10.3. The number of rotatable bonds is 6. The van der Waals surface area contributed by atoms with Gasteiger partial charge in [0.15, 0.2) is 5.16 Å². The van der Waals surface area contributed by atoms with Crippen LogP contribution in [0.15, 0.2) is 64.4 Å². The van der Waals surface area contributed by atoms with Gasteiger partial charge < -0.3 is 4.42 Å². The summed E-state index contributed by atoms with van der Waals surface area (Å²) in [4.78, 5) is 34.1. The van der Waals surface area contributed by atoms with E-state index in [1.54, 1.807) is 48.1 Å². The predicted octanol–water partition coefficient (Wildman–Crippen LogP) is 4.02. The summed E-state index contributed by atoms with van der Waals surface area (Å²) in [6, 6.07) is 14.5. The van der Waals surface area contributed by atoms with Crippen molar-refractivity contribution in [3.63, 3.8) is 0 Å². The molecule has 0 radical (unpaired) electrons. The van der Waals surface area contributed by atoms with E-state index in [0.29, 0.717) is 16.5 Å². The van der Waals surface area contributed by atoms with E-state index < -0.39 is 11.8 Å². The first-order chi connectivity index (χ1) is 16.9. The van der Waals surface area contributed by atoms with Crippen molar-refractivity contribution in [3.05, 3.63) is 94.3 Å². The third-order valence-electron chi connectivity index (χ3n) is 5.08. The molecule has 0 bridgehead atoms. The van der Waals surface area contributed by atoms with Crippen molar-refractivity contribution >= 4 is 23.6 Å². The van der Waals surface area contributed by atoms with E-state index in [1.165, 1.54) is 11.8 Å². The predicted molar refractivity (Wildman–Crippen MR) is 130 cm³/mol. The fourth-order valence-electron chi connectivity index (χ4n) is 3.47. The normalized spacial score (nSPS) is 10.6. The molecule has 4 rings (SSSR count). The lowest BCUT2D eigenvalue weighted by atomic mass is 10.1. The highest BCUT2D eigenvalue weighted by molar-refractivity contribution is 7.98. The third kappa shape index (κ3) is 5.42. The number of nitrogens with zero attached hydrogens (tertiary/aromatic N) is 4. The van der Waals surface area contributed by atoms with Crippen molar-refractivity contribution in [2.75, 3.05) is 0 Å². The number of amides is 2. The summed E-state index contributed by atoms with van der Waals surface area (Å²) in [6.07, 6.45) is 3.42. The number of furan rings is 1. The van der Waals surface area contributed by atoms with Crippen LogP contribution < -0.4 is 10.9 Å². The van der Waals surface area contributed by atoms with Crippen molar-refractivity contribution in [1.29, 1.82) is 5.26 Å². The van der Waals surface area contributed by atoms with Crippen molar-refractivity contribution in [3.8, 4) is 12.0 Å². The molecule has 2 amide bonds. The number of hydrazine groups is 1. The highest BCUT2D eigenvalue weighted by Crippen LogP contribution is 2.25. The molecular weight excluding hydrogens is 464 g/mol. The Labute approximate surface area is 206 Å². The molecule has 10 heteroatoms. The zero-order valence-corrected chi connectivity index (χ0v) is 20.1. The number of hydrogen-bond donors (Lipinski definition) is 2. The van der Waals surface area contributed by atoms with E-state index in [2.05, 4.69) is 20.8 Å². The number of aryl methyl sites for hydroxylation is 3. The summed E-state index contributed by atoms with van der Waals surface area (Å²) in [5, 5.41) is 10.3. The third-order valence-corrected chi connectivity index (χ3v) is 6.00. The monoisotopic (exact) mass is 486 g/mol. The van der Waals surface area contributed by atoms with Gasteiger partial charge in [0.25, 0.3) is 11.8 Å². The van der Waals surface area contributed by atoms with Crippen LogP contribution >= 0.6 is 11.8 Å². The maximum absolute atomic E-state index is 12.7. The molecule has 0 aliphatic heterocycles. The highest BCUT2D eigenvalue weighted by Gasteiger charge is 2.25. The Balaban J connectivity index is 1.37. The van der Waals surface area contributed by atoms with Gasteiger partial charge in [-0.15, -0.1) is 0 Å². The van der Waals surface area contributed by atoms with Gasteiger partial charge in [-0.25, -0.2) is 9.97 Å². The first-order valence-electron chi connectivity index (χ1n) is 10.7. The zero-order valence-electron chi connectivity index (χ0n) is 19.3. The molecule has 0 atom stereocenters. The lowest BCUT2D eigenvalue weighted by Crippen LogP contribution is -2.42. The fourth-order valence-corrected chi connectivity index (χ4v) is 4.37. The molecule has 4 aromatic rings. The van der Waals surface area contributed by atoms with Crippen LogP contribution in [-0.4, -0.2) is 26.3 Å². The van der Waals surface area contributed by atoms with Gasteiger partial charge in [-0.1, -0.05) is 23.9 Å². The summed E-state index contributed by atoms with van der Waals surface area (Å²) in [6.45, 7) is 5.45. The summed E-state index contributed by atoms with van der Waals surface area (Å²) < 4.78 is 7.23. The molecule has 2 N–H and O–H groups in total. The quantitative estimate of drug-likeness (QED) is 0.239. The minimum absolute atomic E-state index is 0.0671. The maximum atomic E-state index is 12.7. The van der Waals surface area contributed by atoms with E-state index in [4.69, 9.17) is 4.42 Å². The van der Waals surface area contributed by atoms with Gasteiger partial charge in [0.05, 0.1) is 0 Å². The number of nitriles is 1. The van der Waals surface area contributed by atoms with Gasteiger partial charge in [0, 0.05) is 35.1 Å². The number of benzene rings is 1. The van der Waals surface area contributed by atoms with Gasteiger partial charge in [-0.3, -0.25) is 25.0 Å². The van der Waals surface area contributed by atoms with E-state index in [9.17, 15) is 14.9 Å². The molecule has 0 aliphatic carbocycles. The molecule has 1 aromatic carbocycles. The van der Waals surface area contributed by atoms with Crippen molar-refractivity contribution in [2.45, 2.75) is 31.7 Å². The summed E-state index contributed by atoms with van der Waals surface area (Å²) >= 11 is 1.52. The molecule has 0 fully saturated rings. The highest BCUT2D eigenvalue weighted by atomic mass is 32.2. The summed E-state index contributed by atoms with van der Waals surface area (Å²) in [5.74, 6) is 0.0383. The molecular formula is C25H22N6O3S. The minimum atomic E-state index is -0.643. The van der Waals surface area contributed by atoms with Crippen LogP contribution in [-0.2, 0) is 5.75 Å². The summed E-state index contributed by atoms with van der Waals surface area (Å²) in [5.41, 5.74) is 8.12. The first-order valence-corrected chi connectivity index (χ1v) is 11.7. The second-order valence-electron chi connectivity index (χ2n) is 7.74. The van der Waals surface area contributed by atoms with Crippen LogP contribution in [0.5, 0.6) is 0 Å². The van der Waals surface area contributed by atoms with Gasteiger partial charge in [0.2, 0.25) is 5.88 Å². The summed E-state index contributed by atoms with van der Waals surface area (Å²) in [7, 11) is 0. The number of nitrogens with one attached hydrogen (secondary N) is 2. The number of thioether (sulfide) groups is 1. The minimum Gasteiger partial charge on any atom is -0.443 e.